The second kappa shape index (κ2) is 5.63. The highest BCUT2D eigenvalue weighted by atomic mass is 16.2. The number of rotatable bonds is 3. The first kappa shape index (κ1) is 13.7. The highest BCUT2D eigenvalue weighted by Gasteiger charge is 2.26. The molecular formula is C15H19N5O. The minimum absolute atomic E-state index is 0.153. The summed E-state index contributed by atoms with van der Waals surface area (Å²) in [4.78, 5) is 22.2. The lowest BCUT2D eigenvalue weighted by atomic mass is 10.0. The molecule has 0 aliphatic carbocycles. The highest BCUT2D eigenvalue weighted by molar-refractivity contribution is 5.73. The lowest BCUT2D eigenvalue weighted by Crippen LogP contribution is -2.26. The van der Waals surface area contributed by atoms with E-state index in [9.17, 15) is 4.79 Å². The topological polar surface area (TPSA) is 74.8 Å². The number of carbonyl (C=O) groups is 1. The summed E-state index contributed by atoms with van der Waals surface area (Å²) in [7, 11) is 0. The summed E-state index contributed by atoms with van der Waals surface area (Å²) < 4.78 is 0. The van der Waals surface area contributed by atoms with Crippen LogP contribution in [0.4, 0.5) is 0 Å². The minimum Gasteiger partial charge on any atom is -0.343 e. The predicted octanol–water partition coefficient (Wildman–Crippen LogP) is 1.59. The van der Waals surface area contributed by atoms with Crippen molar-refractivity contribution in [2.24, 2.45) is 5.92 Å². The van der Waals surface area contributed by atoms with E-state index in [0.29, 0.717) is 5.92 Å². The summed E-state index contributed by atoms with van der Waals surface area (Å²) in [6.45, 7) is 5.25. The molecular weight excluding hydrogens is 266 g/mol. The number of aryl methyl sites for hydroxylation is 1. The van der Waals surface area contributed by atoms with Gasteiger partial charge in [-0.15, -0.1) is 0 Å². The molecule has 1 aliphatic heterocycles. The van der Waals surface area contributed by atoms with Gasteiger partial charge in [0.25, 0.3) is 0 Å². The van der Waals surface area contributed by atoms with Gasteiger partial charge in [-0.05, 0) is 31.7 Å². The zero-order chi connectivity index (χ0) is 14.8. The third kappa shape index (κ3) is 2.94. The van der Waals surface area contributed by atoms with Crippen LogP contribution in [0.5, 0.6) is 0 Å². The number of hydrogen-bond acceptors (Lipinski definition) is 4. The smallest absolute Gasteiger partial charge is 0.219 e. The Labute approximate surface area is 123 Å². The number of aromatic nitrogens is 4. The van der Waals surface area contributed by atoms with Crippen molar-refractivity contribution < 1.29 is 4.79 Å². The summed E-state index contributed by atoms with van der Waals surface area (Å²) in [5, 5.41) is 7.21. The van der Waals surface area contributed by atoms with Crippen molar-refractivity contribution in [2.45, 2.75) is 26.7 Å². The van der Waals surface area contributed by atoms with Gasteiger partial charge in [0.05, 0.1) is 5.69 Å². The molecule has 1 N–H and O–H groups in total. The number of nitrogens with one attached hydrogen (secondary N) is 1. The third-order valence-corrected chi connectivity index (χ3v) is 3.94. The molecule has 6 nitrogen and oxygen atoms in total. The molecule has 0 aromatic carbocycles. The van der Waals surface area contributed by atoms with Gasteiger partial charge in [0.2, 0.25) is 5.91 Å². The molecule has 0 saturated carbocycles. The number of H-pyrrole nitrogens is 1. The van der Waals surface area contributed by atoms with Gasteiger partial charge in [0.15, 0.2) is 0 Å². The molecule has 1 amide bonds. The fraction of sp³-hybridized carbons (Fsp3) is 0.467. The predicted molar refractivity (Wildman–Crippen MR) is 78.4 cm³/mol. The SMILES string of the molecule is CC(=O)N1CC[C@H](Cc2nccnc2-c2cc(C)[nH]n2)C1. The maximum absolute atomic E-state index is 11.4. The van der Waals surface area contributed by atoms with Crippen LogP contribution in [0, 0.1) is 12.8 Å². The number of aromatic amines is 1. The first-order chi connectivity index (χ1) is 10.1. The second-order valence-corrected chi connectivity index (χ2v) is 5.61. The Bertz CT molecular complexity index is 651. The van der Waals surface area contributed by atoms with E-state index in [0.717, 1.165) is 48.7 Å². The van der Waals surface area contributed by atoms with E-state index in [-0.39, 0.29) is 5.91 Å². The van der Waals surface area contributed by atoms with Crippen molar-refractivity contribution >= 4 is 5.91 Å². The first-order valence-corrected chi connectivity index (χ1v) is 7.21. The van der Waals surface area contributed by atoms with Crippen LogP contribution in [0.3, 0.4) is 0 Å². The molecule has 1 saturated heterocycles. The summed E-state index contributed by atoms with van der Waals surface area (Å²) in [6.07, 6.45) is 5.27. The molecule has 3 heterocycles. The van der Waals surface area contributed by atoms with Crippen LogP contribution < -0.4 is 0 Å². The summed E-state index contributed by atoms with van der Waals surface area (Å²) in [6, 6.07) is 1.98. The van der Waals surface area contributed by atoms with E-state index in [1.807, 2.05) is 17.9 Å². The Hall–Kier alpha value is -2.24. The molecule has 1 atom stereocenters. The van der Waals surface area contributed by atoms with Crippen molar-refractivity contribution in [1.29, 1.82) is 0 Å². The fourth-order valence-electron chi connectivity index (χ4n) is 2.83. The molecule has 0 radical (unpaired) electrons. The molecule has 1 fully saturated rings. The molecule has 0 bridgehead atoms. The van der Waals surface area contributed by atoms with Crippen molar-refractivity contribution in [3.63, 3.8) is 0 Å². The average molecular weight is 285 g/mol. The maximum atomic E-state index is 11.4. The maximum Gasteiger partial charge on any atom is 0.219 e. The molecule has 2 aromatic rings. The van der Waals surface area contributed by atoms with Crippen molar-refractivity contribution in [3.05, 3.63) is 29.8 Å². The molecule has 21 heavy (non-hydrogen) atoms. The Kier molecular flexibility index (Phi) is 3.68. The van der Waals surface area contributed by atoms with E-state index in [2.05, 4.69) is 20.2 Å². The molecule has 3 rings (SSSR count). The summed E-state index contributed by atoms with van der Waals surface area (Å²) in [5.41, 5.74) is 3.63. The van der Waals surface area contributed by atoms with Gasteiger partial charge in [-0.3, -0.25) is 19.9 Å². The van der Waals surface area contributed by atoms with Gasteiger partial charge >= 0.3 is 0 Å². The standard InChI is InChI=1S/C15H19N5O/c1-10-7-14(19-18-10)15-13(16-4-5-17-15)8-12-3-6-20(9-12)11(2)21/h4-5,7,12H,3,6,8-9H2,1-2H3,(H,18,19)/t12-/m1/s1. The monoisotopic (exact) mass is 285 g/mol. The Morgan fingerprint density at radius 1 is 1.43 bits per heavy atom. The van der Waals surface area contributed by atoms with E-state index < -0.39 is 0 Å². The molecule has 1 aliphatic rings. The summed E-state index contributed by atoms with van der Waals surface area (Å²) in [5.74, 6) is 0.601. The zero-order valence-electron chi connectivity index (χ0n) is 12.3. The molecule has 0 spiro atoms. The van der Waals surface area contributed by atoms with Gasteiger partial charge in [-0.25, -0.2) is 0 Å². The third-order valence-electron chi connectivity index (χ3n) is 3.94. The highest BCUT2D eigenvalue weighted by Crippen LogP contribution is 2.25. The number of nitrogens with zero attached hydrogens (tertiary/aromatic N) is 4. The van der Waals surface area contributed by atoms with Gasteiger partial charge < -0.3 is 4.90 Å². The average Bonchev–Trinajstić information content (AvgIpc) is 3.09. The summed E-state index contributed by atoms with van der Waals surface area (Å²) >= 11 is 0. The number of carbonyl (C=O) groups excluding carboxylic acids is 1. The molecule has 110 valence electrons. The van der Waals surface area contributed by atoms with Crippen LogP contribution in [0.25, 0.3) is 11.4 Å². The van der Waals surface area contributed by atoms with Gasteiger partial charge in [-0.2, -0.15) is 5.10 Å². The quantitative estimate of drug-likeness (QED) is 0.929. The lowest BCUT2D eigenvalue weighted by Gasteiger charge is -2.14. The van der Waals surface area contributed by atoms with Crippen LogP contribution >= 0.6 is 0 Å². The van der Waals surface area contributed by atoms with Crippen LogP contribution in [0.15, 0.2) is 18.5 Å². The van der Waals surface area contributed by atoms with Crippen LogP contribution in [0.2, 0.25) is 0 Å². The second-order valence-electron chi connectivity index (χ2n) is 5.61. The number of likely N-dealkylation sites (tertiary alicyclic amines) is 1. The van der Waals surface area contributed by atoms with Gasteiger partial charge in [-0.1, -0.05) is 0 Å². The lowest BCUT2D eigenvalue weighted by molar-refractivity contribution is -0.127. The van der Waals surface area contributed by atoms with E-state index in [1.54, 1.807) is 19.3 Å². The molecule has 0 unspecified atom stereocenters. The van der Waals surface area contributed by atoms with Crippen LogP contribution in [-0.2, 0) is 11.2 Å². The van der Waals surface area contributed by atoms with Crippen LogP contribution in [0.1, 0.15) is 24.7 Å². The Morgan fingerprint density at radius 3 is 2.90 bits per heavy atom. The Morgan fingerprint density at radius 2 is 2.24 bits per heavy atom. The fourth-order valence-corrected chi connectivity index (χ4v) is 2.83. The van der Waals surface area contributed by atoms with E-state index in [4.69, 9.17) is 0 Å². The van der Waals surface area contributed by atoms with Gasteiger partial charge in [0.1, 0.15) is 11.4 Å². The normalized spacial score (nSPS) is 18.2. The largest absolute Gasteiger partial charge is 0.343 e. The van der Waals surface area contributed by atoms with Crippen molar-refractivity contribution in [3.8, 4) is 11.4 Å². The van der Waals surface area contributed by atoms with E-state index >= 15 is 0 Å². The Balaban J connectivity index is 1.79. The number of hydrogen-bond donors (Lipinski definition) is 1. The van der Waals surface area contributed by atoms with Crippen LogP contribution in [-0.4, -0.2) is 44.1 Å². The molecule has 2 aromatic heterocycles. The van der Waals surface area contributed by atoms with Gasteiger partial charge in [0, 0.05) is 38.1 Å². The van der Waals surface area contributed by atoms with E-state index in [1.165, 1.54) is 0 Å². The molecule has 6 heteroatoms. The zero-order valence-corrected chi connectivity index (χ0v) is 12.3. The van der Waals surface area contributed by atoms with Crippen molar-refractivity contribution in [1.82, 2.24) is 25.1 Å². The first-order valence-electron chi connectivity index (χ1n) is 7.21. The minimum atomic E-state index is 0.153. The number of amides is 1. The van der Waals surface area contributed by atoms with Crippen molar-refractivity contribution in [2.75, 3.05) is 13.1 Å².